The van der Waals surface area contributed by atoms with Crippen LogP contribution in [-0.4, -0.2) is 43.7 Å². The van der Waals surface area contributed by atoms with Crippen LogP contribution < -0.4 is 5.56 Å². The van der Waals surface area contributed by atoms with Crippen LogP contribution in [0.5, 0.6) is 5.88 Å². The minimum Gasteiger partial charge on any atom is -0.493 e. The zero-order valence-corrected chi connectivity index (χ0v) is 12.3. The number of aromatic hydroxyl groups is 1. The number of nitrogens with one attached hydrogen (secondary N) is 1. The Morgan fingerprint density at radius 1 is 1.42 bits per heavy atom. The van der Waals surface area contributed by atoms with Gasteiger partial charge in [-0.1, -0.05) is 11.8 Å². The van der Waals surface area contributed by atoms with E-state index in [-0.39, 0.29) is 34.8 Å². The number of H-pyrrole nitrogens is 1. The van der Waals surface area contributed by atoms with E-state index in [1.54, 1.807) is 4.90 Å². The molecule has 1 aromatic rings. The summed E-state index contributed by atoms with van der Waals surface area (Å²) in [7, 11) is 0. The van der Waals surface area contributed by atoms with Crippen molar-refractivity contribution < 1.29 is 9.90 Å². The highest BCUT2D eigenvalue weighted by atomic mass is 32.2. The fourth-order valence-corrected chi connectivity index (χ4v) is 2.61. The van der Waals surface area contributed by atoms with E-state index in [1.807, 2.05) is 27.7 Å². The van der Waals surface area contributed by atoms with Crippen molar-refractivity contribution in [1.82, 2.24) is 14.9 Å². The molecule has 0 radical (unpaired) electrons. The molecule has 0 fully saturated rings. The molecule has 0 aliphatic carbocycles. The number of carbonyl (C=O) groups is 1. The lowest BCUT2D eigenvalue weighted by atomic mass is 10.2. The third-order valence-electron chi connectivity index (χ3n) is 2.44. The lowest BCUT2D eigenvalue weighted by Gasteiger charge is -2.30. The summed E-state index contributed by atoms with van der Waals surface area (Å²) in [5.41, 5.74) is -0.438. The average molecular weight is 285 g/mol. The molecule has 7 heteroatoms. The van der Waals surface area contributed by atoms with E-state index in [4.69, 9.17) is 0 Å². The zero-order chi connectivity index (χ0) is 14.6. The molecule has 1 rings (SSSR count). The van der Waals surface area contributed by atoms with Crippen molar-refractivity contribution in [2.24, 2.45) is 0 Å². The van der Waals surface area contributed by atoms with Crippen molar-refractivity contribution in [2.75, 3.05) is 5.75 Å². The number of thioether (sulfide) groups is 1. The minimum absolute atomic E-state index is 0.0269. The molecule has 0 saturated heterocycles. The van der Waals surface area contributed by atoms with Gasteiger partial charge in [-0.2, -0.15) is 4.98 Å². The normalized spacial score (nSPS) is 11.1. The lowest BCUT2D eigenvalue weighted by molar-refractivity contribution is -0.131. The molecule has 0 unspecified atom stereocenters. The molecule has 0 atom stereocenters. The van der Waals surface area contributed by atoms with Crippen molar-refractivity contribution >= 4 is 17.7 Å². The maximum atomic E-state index is 12.1. The number of carbonyl (C=O) groups excluding carboxylic acids is 1. The SMILES string of the molecule is CC(C)N(C(=O)CSc1nc(O)cc(=O)[nH]1)C(C)C. The van der Waals surface area contributed by atoms with Crippen LogP contribution in [0.2, 0.25) is 0 Å². The van der Waals surface area contributed by atoms with Crippen LogP contribution >= 0.6 is 11.8 Å². The first-order chi connectivity index (χ1) is 8.81. The molecule has 6 nitrogen and oxygen atoms in total. The summed E-state index contributed by atoms with van der Waals surface area (Å²) < 4.78 is 0. The Morgan fingerprint density at radius 2 is 2.00 bits per heavy atom. The number of amides is 1. The van der Waals surface area contributed by atoms with Crippen LogP contribution in [0.15, 0.2) is 16.0 Å². The van der Waals surface area contributed by atoms with E-state index < -0.39 is 5.56 Å². The van der Waals surface area contributed by atoms with E-state index in [0.717, 1.165) is 17.8 Å². The number of hydrogen-bond donors (Lipinski definition) is 2. The standard InChI is InChI=1S/C12H19N3O3S/c1-7(2)15(8(3)4)11(18)6-19-12-13-9(16)5-10(17)14-12/h5,7-8H,6H2,1-4H3,(H2,13,14,16,17). The fourth-order valence-electron chi connectivity index (χ4n) is 1.87. The molecule has 1 aromatic heterocycles. The highest BCUT2D eigenvalue weighted by molar-refractivity contribution is 7.99. The van der Waals surface area contributed by atoms with Gasteiger partial charge in [0.05, 0.1) is 11.8 Å². The highest BCUT2D eigenvalue weighted by Crippen LogP contribution is 2.16. The molecule has 19 heavy (non-hydrogen) atoms. The first kappa shape index (κ1) is 15.6. The van der Waals surface area contributed by atoms with Crippen LogP contribution in [0.4, 0.5) is 0 Å². The van der Waals surface area contributed by atoms with Gasteiger partial charge >= 0.3 is 0 Å². The van der Waals surface area contributed by atoms with E-state index in [2.05, 4.69) is 9.97 Å². The van der Waals surface area contributed by atoms with Crippen LogP contribution in [-0.2, 0) is 4.79 Å². The van der Waals surface area contributed by atoms with Crippen molar-refractivity contribution in [3.05, 3.63) is 16.4 Å². The average Bonchev–Trinajstić information content (AvgIpc) is 2.23. The van der Waals surface area contributed by atoms with Gasteiger partial charge in [0.2, 0.25) is 11.8 Å². The van der Waals surface area contributed by atoms with E-state index in [9.17, 15) is 14.7 Å². The Morgan fingerprint density at radius 3 is 2.47 bits per heavy atom. The third kappa shape index (κ3) is 4.59. The zero-order valence-electron chi connectivity index (χ0n) is 11.5. The van der Waals surface area contributed by atoms with E-state index in [1.165, 1.54) is 0 Å². The number of rotatable bonds is 5. The van der Waals surface area contributed by atoms with Gasteiger partial charge in [-0.25, -0.2) is 0 Å². The molecule has 106 valence electrons. The molecule has 0 aliphatic heterocycles. The second kappa shape index (κ2) is 6.60. The molecule has 0 aliphatic rings. The predicted octanol–water partition coefficient (Wildman–Crippen LogP) is 1.21. The van der Waals surface area contributed by atoms with E-state index >= 15 is 0 Å². The van der Waals surface area contributed by atoms with Crippen molar-refractivity contribution in [3.63, 3.8) is 0 Å². The lowest BCUT2D eigenvalue weighted by Crippen LogP contribution is -2.43. The van der Waals surface area contributed by atoms with Crippen molar-refractivity contribution in [2.45, 2.75) is 44.9 Å². The largest absolute Gasteiger partial charge is 0.493 e. The molecular formula is C12H19N3O3S. The molecular weight excluding hydrogens is 266 g/mol. The summed E-state index contributed by atoms with van der Waals surface area (Å²) in [6.07, 6.45) is 0. The summed E-state index contributed by atoms with van der Waals surface area (Å²) >= 11 is 1.10. The maximum Gasteiger partial charge on any atom is 0.255 e. The Hall–Kier alpha value is -1.50. The number of hydrogen-bond acceptors (Lipinski definition) is 5. The van der Waals surface area contributed by atoms with Gasteiger partial charge in [0, 0.05) is 12.1 Å². The first-order valence-corrected chi connectivity index (χ1v) is 7.04. The summed E-state index contributed by atoms with van der Waals surface area (Å²) in [5.74, 6) is -0.202. The Kier molecular flexibility index (Phi) is 5.41. The van der Waals surface area contributed by atoms with Crippen molar-refractivity contribution in [3.8, 4) is 5.88 Å². The van der Waals surface area contributed by atoms with Gasteiger partial charge in [0.15, 0.2) is 5.16 Å². The van der Waals surface area contributed by atoms with Gasteiger partial charge in [-0.15, -0.1) is 0 Å². The highest BCUT2D eigenvalue weighted by Gasteiger charge is 2.20. The number of nitrogens with zero attached hydrogens (tertiary/aromatic N) is 2. The Bertz CT molecular complexity index is 491. The van der Waals surface area contributed by atoms with Gasteiger partial charge in [-0.05, 0) is 27.7 Å². The number of aromatic nitrogens is 2. The smallest absolute Gasteiger partial charge is 0.255 e. The van der Waals surface area contributed by atoms with Gasteiger partial charge < -0.3 is 15.0 Å². The quantitative estimate of drug-likeness (QED) is 0.627. The molecule has 1 heterocycles. The van der Waals surface area contributed by atoms with Crippen LogP contribution in [0.25, 0.3) is 0 Å². The molecule has 0 spiro atoms. The molecule has 0 bridgehead atoms. The van der Waals surface area contributed by atoms with Crippen LogP contribution in [0.1, 0.15) is 27.7 Å². The molecule has 0 saturated carbocycles. The van der Waals surface area contributed by atoms with Gasteiger partial charge in [0.25, 0.3) is 5.56 Å². The van der Waals surface area contributed by atoms with Crippen LogP contribution in [0, 0.1) is 0 Å². The number of aromatic amines is 1. The van der Waals surface area contributed by atoms with E-state index in [0.29, 0.717) is 0 Å². The molecule has 1 amide bonds. The Balaban J connectivity index is 2.70. The van der Waals surface area contributed by atoms with Crippen molar-refractivity contribution in [1.29, 1.82) is 0 Å². The summed E-state index contributed by atoms with van der Waals surface area (Å²) in [6, 6.07) is 1.22. The second-order valence-electron chi connectivity index (χ2n) is 4.69. The topological polar surface area (TPSA) is 86.3 Å². The predicted molar refractivity (Wildman–Crippen MR) is 74.4 cm³/mol. The summed E-state index contributed by atoms with van der Waals surface area (Å²) in [6.45, 7) is 7.82. The monoisotopic (exact) mass is 285 g/mol. The summed E-state index contributed by atoms with van der Waals surface area (Å²) in [4.78, 5) is 31.2. The van der Waals surface area contributed by atoms with Gasteiger partial charge in [-0.3, -0.25) is 9.59 Å². The third-order valence-corrected chi connectivity index (χ3v) is 3.30. The maximum absolute atomic E-state index is 12.1. The molecule has 0 aromatic carbocycles. The van der Waals surface area contributed by atoms with Crippen LogP contribution in [0.3, 0.4) is 0 Å². The summed E-state index contributed by atoms with van der Waals surface area (Å²) in [5, 5.41) is 9.45. The molecule has 2 N–H and O–H groups in total. The fraction of sp³-hybridized carbons (Fsp3) is 0.583. The second-order valence-corrected chi connectivity index (χ2v) is 5.65. The van der Waals surface area contributed by atoms with Gasteiger partial charge in [0.1, 0.15) is 0 Å². The minimum atomic E-state index is -0.438. The first-order valence-electron chi connectivity index (χ1n) is 6.05. The Labute approximate surface area is 116 Å².